The lowest BCUT2D eigenvalue weighted by Gasteiger charge is -2.08. The minimum absolute atomic E-state index is 0.0455. The van der Waals surface area contributed by atoms with Gasteiger partial charge in [0.25, 0.3) is 0 Å². The van der Waals surface area contributed by atoms with Crippen molar-refractivity contribution in [2.45, 2.75) is 29.6 Å². The van der Waals surface area contributed by atoms with Crippen molar-refractivity contribution in [3.05, 3.63) is 29.3 Å². The number of halogens is 1. The van der Waals surface area contributed by atoms with Gasteiger partial charge in [-0.2, -0.15) is 0 Å². The highest BCUT2D eigenvalue weighted by molar-refractivity contribution is 14.1. The number of alkyl halides is 1. The molecule has 3 atom stereocenters. The zero-order chi connectivity index (χ0) is 13.4. The maximum absolute atomic E-state index is 11.6. The minimum atomic E-state index is 0.0455. The molecule has 19 heavy (non-hydrogen) atoms. The second-order valence-electron chi connectivity index (χ2n) is 5.39. The van der Waals surface area contributed by atoms with E-state index in [1.165, 1.54) is 17.5 Å². The molecule has 2 aliphatic rings. The van der Waals surface area contributed by atoms with Gasteiger partial charge in [0.1, 0.15) is 5.75 Å². The lowest BCUT2D eigenvalue weighted by Crippen LogP contribution is -2.31. The smallest absolute Gasteiger partial charge is 0.232 e. The normalized spacial score (nSPS) is 25.4. The molecular formula is C15H18INO2. The third-order valence-electron chi connectivity index (χ3n) is 4.00. The highest BCUT2D eigenvalue weighted by atomic mass is 127. The molecule has 1 heterocycles. The molecular weight excluding hydrogens is 353 g/mol. The average Bonchev–Trinajstić information content (AvgIpc) is 3.00. The van der Waals surface area contributed by atoms with Gasteiger partial charge >= 0.3 is 0 Å². The summed E-state index contributed by atoms with van der Waals surface area (Å²) in [6.45, 7) is 3.54. The fourth-order valence-corrected chi connectivity index (χ4v) is 3.04. The fourth-order valence-electron chi connectivity index (χ4n) is 2.82. The SMILES string of the molecule is CC(I)C(=O)NCC1CC1c1cccc2c1CCO2. The standard InChI is InChI=1S/C15H18INO2/c1-9(16)15(18)17-8-10-7-13(10)11-3-2-4-14-12(11)5-6-19-14/h2-4,9-10,13H,5-8H2,1H3,(H,17,18). The van der Waals surface area contributed by atoms with Crippen molar-refractivity contribution < 1.29 is 9.53 Å². The Morgan fingerprint density at radius 1 is 1.58 bits per heavy atom. The van der Waals surface area contributed by atoms with Crippen LogP contribution in [0.15, 0.2) is 18.2 Å². The molecule has 3 rings (SSSR count). The molecule has 1 aliphatic heterocycles. The summed E-state index contributed by atoms with van der Waals surface area (Å²) < 4.78 is 5.66. The molecule has 4 heteroatoms. The molecule has 102 valence electrons. The predicted molar refractivity (Wildman–Crippen MR) is 83.0 cm³/mol. The number of carbonyl (C=O) groups excluding carboxylic acids is 1. The molecule has 0 saturated heterocycles. The van der Waals surface area contributed by atoms with Gasteiger partial charge < -0.3 is 10.1 Å². The van der Waals surface area contributed by atoms with Gasteiger partial charge in [0.15, 0.2) is 0 Å². The second-order valence-corrected chi connectivity index (χ2v) is 7.25. The van der Waals surface area contributed by atoms with Gasteiger partial charge in [-0.3, -0.25) is 4.79 Å². The lowest BCUT2D eigenvalue weighted by atomic mass is 10.00. The van der Waals surface area contributed by atoms with Crippen LogP contribution in [0, 0.1) is 5.92 Å². The van der Waals surface area contributed by atoms with Crippen LogP contribution in [-0.4, -0.2) is 23.0 Å². The average molecular weight is 371 g/mol. The number of nitrogens with one attached hydrogen (secondary N) is 1. The molecule has 0 radical (unpaired) electrons. The first-order valence-corrected chi connectivity index (χ1v) is 8.07. The Bertz CT molecular complexity index is 501. The molecule has 1 aromatic carbocycles. The van der Waals surface area contributed by atoms with Gasteiger partial charge in [0, 0.05) is 18.5 Å². The first-order chi connectivity index (χ1) is 9.16. The maximum Gasteiger partial charge on any atom is 0.232 e. The summed E-state index contributed by atoms with van der Waals surface area (Å²) in [6, 6.07) is 6.37. The number of amides is 1. The van der Waals surface area contributed by atoms with Crippen LogP contribution in [0.25, 0.3) is 0 Å². The van der Waals surface area contributed by atoms with Crippen LogP contribution in [0.4, 0.5) is 0 Å². The number of hydrogen-bond donors (Lipinski definition) is 1. The summed E-state index contributed by atoms with van der Waals surface area (Å²) in [5.74, 6) is 2.42. The Morgan fingerprint density at radius 2 is 2.42 bits per heavy atom. The maximum atomic E-state index is 11.6. The molecule has 0 spiro atoms. The van der Waals surface area contributed by atoms with Crippen LogP contribution in [0.3, 0.4) is 0 Å². The summed E-state index contributed by atoms with van der Waals surface area (Å²) in [7, 11) is 0. The quantitative estimate of drug-likeness (QED) is 0.653. The lowest BCUT2D eigenvalue weighted by molar-refractivity contribution is -0.120. The van der Waals surface area contributed by atoms with Crippen molar-refractivity contribution in [2.24, 2.45) is 5.92 Å². The number of ether oxygens (including phenoxy) is 1. The predicted octanol–water partition coefficient (Wildman–Crippen LogP) is 2.66. The van der Waals surface area contributed by atoms with Gasteiger partial charge in [-0.15, -0.1) is 0 Å². The second kappa shape index (κ2) is 5.31. The molecule has 1 aromatic rings. The van der Waals surface area contributed by atoms with E-state index in [0.717, 1.165) is 25.3 Å². The minimum Gasteiger partial charge on any atom is -0.493 e. The Balaban J connectivity index is 1.61. The highest BCUT2D eigenvalue weighted by Crippen LogP contribution is 2.50. The monoisotopic (exact) mass is 371 g/mol. The first kappa shape index (κ1) is 13.2. The van der Waals surface area contributed by atoms with E-state index in [-0.39, 0.29) is 9.83 Å². The summed E-state index contributed by atoms with van der Waals surface area (Å²) in [4.78, 5) is 11.6. The molecule has 0 aromatic heterocycles. The number of rotatable bonds is 4. The van der Waals surface area contributed by atoms with Crippen LogP contribution in [-0.2, 0) is 11.2 Å². The summed E-state index contributed by atoms with van der Waals surface area (Å²) in [5, 5.41) is 3.03. The first-order valence-electron chi connectivity index (χ1n) is 6.83. The Morgan fingerprint density at radius 3 is 3.21 bits per heavy atom. The van der Waals surface area contributed by atoms with Crippen molar-refractivity contribution in [1.29, 1.82) is 0 Å². The number of fused-ring (bicyclic) bond motifs is 1. The Labute approximate surface area is 127 Å². The van der Waals surface area contributed by atoms with E-state index in [2.05, 4.69) is 46.1 Å². The van der Waals surface area contributed by atoms with Gasteiger partial charge in [-0.1, -0.05) is 34.7 Å². The largest absolute Gasteiger partial charge is 0.493 e. The number of benzene rings is 1. The molecule has 1 saturated carbocycles. The molecule has 0 bridgehead atoms. The van der Waals surface area contributed by atoms with E-state index >= 15 is 0 Å². The zero-order valence-corrected chi connectivity index (χ0v) is 13.1. The molecule has 1 amide bonds. The van der Waals surface area contributed by atoms with Crippen LogP contribution in [0.5, 0.6) is 5.75 Å². The van der Waals surface area contributed by atoms with Crippen molar-refractivity contribution in [1.82, 2.24) is 5.32 Å². The summed E-state index contributed by atoms with van der Waals surface area (Å²) in [6.07, 6.45) is 2.22. The van der Waals surface area contributed by atoms with Gasteiger partial charge in [-0.25, -0.2) is 0 Å². The summed E-state index contributed by atoms with van der Waals surface area (Å²) >= 11 is 2.15. The molecule has 1 aliphatic carbocycles. The molecule has 3 unspecified atom stereocenters. The van der Waals surface area contributed by atoms with Gasteiger partial charge in [-0.05, 0) is 36.8 Å². The Hall–Kier alpha value is -0.780. The van der Waals surface area contributed by atoms with Gasteiger partial charge in [0.2, 0.25) is 5.91 Å². The van der Waals surface area contributed by atoms with E-state index in [9.17, 15) is 4.79 Å². The van der Waals surface area contributed by atoms with Crippen LogP contribution in [0.2, 0.25) is 0 Å². The van der Waals surface area contributed by atoms with Crippen LogP contribution >= 0.6 is 22.6 Å². The number of hydrogen-bond acceptors (Lipinski definition) is 2. The topological polar surface area (TPSA) is 38.3 Å². The fraction of sp³-hybridized carbons (Fsp3) is 0.533. The van der Waals surface area contributed by atoms with E-state index in [0.29, 0.717) is 11.8 Å². The third kappa shape index (κ3) is 2.73. The highest BCUT2D eigenvalue weighted by Gasteiger charge is 2.40. The third-order valence-corrected chi connectivity index (χ3v) is 4.57. The molecule has 1 N–H and O–H groups in total. The van der Waals surface area contributed by atoms with Crippen molar-refractivity contribution >= 4 is 28.5 Å². The zero-order valence-electron chi connectivity index (χ0n) is 11.0. The molecule has 1 fully saturated rings. The van der Waals surface area contributed by atoms with Crippen LogP contribution in [0.1, 0.15) is 30.4 Å². The van der Waals surface area contributed by atoms with Crippen molar-refractivity contribution in [3.63, 3.8) is 0 Å². The summed E-state index contributed by atoms with van der Waals surface area (Å²) in [5.41, 5.74) is 2.83. The van der Waals surface area contributed by atoms with E-state index in [1.54, 1.807) is 0 Å². The number of carbonyl (C=O) groups is 1. The van der Waals surface area contributed by atoms with E-state index in [4.69, 9.17) is 4.74 Å². The van der Waals surface area contributed by atoms with E-state index in [1.807, 2.05) is 6.92 Å². The van der Waals surface area contributed by atoms with Gasteiger partial charge in [0.05, 0.1) is 10.5 Å². The van der Waals surface area contributed by atoms with Crippen molar-refractivity contribution in [3.8, 4) is 5.75 Å². The van der Waals surface area contributed by atoms with Crippen LogP contribution < -0.4 is 10.1 Å². The van der Waals surface area contributed by atoms with Crippen molar-refractivity contribution in [2.75, 3.05) is 13.2 Å². The Kier molecular flexibility index (Phi) is 3.69. The van der Waals surface area contributed by atoms with E-state index < -0.39 is 0 Å². The molecule has 3 nitrogen and oxygen atoms in total.